The summed E-state index contributed by atoms with van der Waals surface area (Å²) in [5.41, 5.74) is 6.21. The molecule has 1 aliphatic rings. The lowest BCUT2D eigenvalue weighted by atomic mass is 10.1. The monoisotopic (exact) mass is 383 g/mol. The molecule has 143 valence electrons. The van der Waals surface area contributed by atoms with Gasteiger partial charge in [-0.3, -0.25) is 0 Å². The molecule has 0 saturated heterocycles. The molecule has 0 spiro atoms. The van der Waals surface area contributed by atoms with Crippen LogP contribution in [0, 0.1) is 18.8 Å². The van der Waals surface area contributed by atoms with Crippen LogP contribution >= 0.6 is 0 Å². The van der Waals surface area contributed by atoms with Crippen LogP contribution in [0.5, 0.6) is 0 Å². The molecule has 1 aromatic carbocycles. The van der Waals surface area contributed by atoms with Crippen LogP contribution in [0.2, 0.25) is 25.7 Å². The van der Waals surface area contributed by atoms with Crippen LogP contribution < -0.4 is 10.4 Å². The summed E-state index contributed by atoms with van der Waals surface area (Å²) in [6.45, 7) is 24.0. The second kappa shape index (κ2) is 8.02. The highest BCUT2D eigenvalue weighted by Crippen LogP contribution is 2.39. The van der Waals surface area contributed by atoms with E-state index in [1.807, 2.05) is 0 Å². The number of allylic oxidation sites excluding steroid dienone is 4. The number of benzene rings is 1. The molecule has 1 aliphatic carbocycles. The van der Waals surface area contributed by atoms with Crippen molar-refractivity contribution in [3.05, 3.63) is 45.7 Å². The fourth-order valence-electron chi connectivity index (χ4n) is 4.12. The van der Waals surface area contributed by atoms with Crippen molar-refractivity contribution in [3.63, 3.8) is 0 Å². The molecule has 2 atom stereocenters. The number of aryl methyl sites for hydroxylation is 1. The van der Waals surface area contributed by atoms with Gasteiger partial charge in [0.25, 0.3) is 0 Å². The first-order valence-corrected chi connectivity index (χ1v) is 15.5. The Morgan fingerprint density at radius 1 is 1.00 bits per heavy atom. The van der Waals surface area contributed by atoms with Gasteiger partial charge in [0.2, 0.25) is 0 Å². The molecule has 0 amide bonds. The van der Waals surface area contributed by atoms with Gasteiger partial charge >= 0.3 is 0 Å². The molecule has 0 N–H and O–H groups in total. The third kappa shape index (κ3) is 4.33. The van der Waals surface area contributed by atoms with E-state index in [9.17, 15) is 0 Å². The Bertz CT molecular complexity index is 731. The van der Waals surface area contributed by atoms with Gasteiger partial charge in [0, 0.05) is 0 Å². The lowest BCUT2D eigenvalue weighted by molar-refractivity contribution is 0.619. The van der Waals surface area contributed by atoms with Crippen LogP contribution in [0.4, 0.5) is 0 Å². The first-order valence-electron chi connectivity index (χ1n) is 10.3. The van der Waals surface area contributed by atoms with Gasteiger partial charge < -0.3 is 0 Å². The molecule has 0 saturated carbocycles. The summed E-state index contributed by atoms with van der Waals surface area (Å²) in [6, 6.07) is 8.93. The van der Waals surface area contributed by atoms with E-state index in [1.165, 1.54) is 18.0 Å². The van der Waals surface area contributed by atoms with Crippen molar-refractivity contribution in [3.8, 4) is 0 Å². The highest BCUT2D eigenvalue weighted by Gasteiger charge is 2.33. The first-order chi connectivity index (χ1) is 12.0. The van der Waals surface area contributed by atoms with Crippen LogP contribution in [0.1, 0.15) is 53.5 Å². The molecule has 0 aliphatic heterocycles. The summed E-state index contributed by atoms with van der Waals surface area (Å²) in [5.74, 6) is 1.43. The van der Waals surface area contributed by atoms with E-state index in [0.717, 1.165) is 5.92 Å². The van der Waals surface area contributed by atoms with Crippen molar-refractivity contribution in [2.45, 2.75) is 80.6 Å². The number of hydrogen-bond acceptors (Lipinski definition) is 0. The third-order valence-corrected chi connectivity index (χ3v) is 12.1. The van der Waals surface area contributed by atoms with E-state index >= 15 is 0 Å². The maximum absolute atomic E-state index is 2.60. The summed E-state index contributed by atoms with van der Waals surface area (Å²) in [7, 11) is -2.02. The zero-order valence-electron chi connectivity index (χ0n) is 18.8. The van der Waals surface area contributed by atoms with Gasteiger partial charge in [-0.05, 0) is 51.1 Å². The third-order valence-electron chi connectivity index (χ3n) is 6.51. The Morgan fingerprint density at radius 3 is 2.08 bits per heavy atom. The predicted octanol–water partition coefficient (Wildman–Crippen LogP) is 6.13. The van der Waals surface area contributed by atoms with Gasteiger partial charge in [0.15, 0.2) is 0 Å². The minimum absolute atomic E-state index is 0.629. The van der Waals surface area contributed by atoms with E-state index in [1.54, 1.807) is 32.3 Å². The fraction of sp³-hybridized carbons (Fsp3) is 0.583. The van der Waals surface area contributed by atoms with Crippen molar-refractivity contribution >= 4 is 27.2 Å². The van der Waals surface area contributed by atoms with E-state index in [-0.39, 0.29) is 0 Å². The quantitative estimate of drug-likeness (QED) is 0.518. The minimum atomic E-state index is -1.30. The minimum Gasteiger partial charge on any atom is -0.0672 e. The molecule has 0 bridgehead atoms. The van der Waals surface area contributed by atoms with Crippen molar-refractivity contribution in [2.75, 3.05) is 0 Å². The van der Waals surface area contributed by atoms with Gasteiger partial charge in [-0.2, -0.15) is 0 Å². The summed E-state index contributed by atoms with van der Waals surface area (Å²) in [6.07, 6.45) is 1.28. The lowest BCUT2D eigenvalue weighted by Gasteiger charge is -2.27. The molecule has 26 heavy (non-hydrogen) atoms. The van der Waals surface area contributed by atoms with Crippen LogP contribution in [0.25, 0.3) is 0 Å². The van der Waals surface area contributed by atoms with E-state index < -0.39 is 16.9 Å². The van der Waals surface area contributed by atoms with Gasteiger partial charge in [0.1, 0.15) is 8.80 Å². The number of hydrogen-bond donors (Lipinski definition) is 0. The first kappa shape index (κ1) is 21.4. The average Bonchev–Trinajstić information content (AvgIpc) is 2.75. The van der Waals surface area contributed by atoms with Crippen LogP contribution in [-0.4, -0.2) is 16.9 Å². The van der Waals surface area contributed by atoms with Crippen molar-refractivity contribution in [1.29, 1.82) is 0 Å². The zero-order chi connectivity index (χ0) is 19.8. The topological polar surface area (TPSA) is 0 Å². The van der Waals surface area contributed by atoms with Crippen molar-refractivity contribution in [1.82, 2.24) is 0 Å². The molecule has 0 aromatic heterocycles. The Balaban J connectivity index is 2.60. The molecule has 1 radical (unpaired) electrons. The Morgan fingerprint density at radius 2 is 1.62 bits per heavy atom. The van der Waals surface area contributed by atoms with Crippen LogP contribution in [-0.2, 0) is 0 Å². The summed E-state index contributed by atoms with van der Waals surface area (Å²) in [5, 5.41) is 5.08. The normalized spacial score (nSPS) is 19.7. The molecule has 2 heteroatoms. The van der Waals surface area contributed by atoms with Gasteiger partial charge in [-0.1, -0.05) is 97.3 Å². The van der Waals surface area contributed by atoms with Gasteiger partial charge in [-0.15, -0.1) is 0 Å². The maximum atomic E-state index is 2.60. The zero-order valence-corrected chi connectivity index (χ0v) is 20.8. The molecule has 2 rings (SSSR count). The largest absolute Gasteiger partial charge is 0.117 e. The summed E-state index contributed by atoms with van der Waals surface area (Å²) < 4.78 is 0. The van der Waals surface area contributed by atoms with E-state index in [0.29, 0.717) is 5.92 Å². The molecule has 0 fully saturated rings. The summed E-state index contributed by atoms with van der Waals surface area (Å²) in [4.78, 5) is 0. The Labute approximate surface area is 165 Å². The molecule has 2 unspecified atom stereocenters. The second-order valence-corrected chi connectivity index (χ2v) is 17.2. The second-order valence-electron chi connectivity index (χ2n) is 9.60. The van der Waals surface area contributed by atoms with E-state index in [4.69, 9.17) is 0 Å². The molecule has 0 nitrogen and oxygen atoms in total. The summed E-state index contributed by atoms with van der Waals surface area (Å²) >= 11 is 0. The van der Waals surface area contributed by atoms with Crippen molar-refractivity contribution < 1.29 is 0 Å². The molecule has 1 aromatic rings. The van der Waals surface area contributed by atoms with E-state index in [2.05, 4.69) is 86.3 Å². The SMILES string of the molecule is CCC(C)C[Si](C1=C(C)C(C)=C(C)C1C)c1cc(C)cc([Si](C)(C)C)c1. The highest BCUT2D eigenvalue weighted by atomic mass is 28.3. The molecular weight excluding hydrogens is 344 g/mol. The fourth-order valence-corrected chi connectivity index (χ4v) is 9.37. The maximum Gasteiger partial charge on any atom is 0.117 e. The highest BCUT2D eigenvalue weighted by molar-refractivity contribution is 6.89. The predicted molar refractivity (Wildman–Crippen MR) is 124 cm³/mol. The molecular formula is C24H39Si2. The average molecular weight is 384 g/mol. The molecule has 0 heterocycles. The van der Waals surface area contributed by atoms with Crippen LogP contribution in [0.15, 0.2) is 40.1 Å². The van der Waals surface area contributed by atoms with Crippen LogP contribution in [0.3, 0.4) is 0 Å². The standard InChI is InChI=1S/C24H39Si2/c1-11-16(2)15-25(24-20(6)18(4)19(5)21(24)7)22-12-17(3)13-23(14-22)26(8,9)10/h12-14,16,20H,11,15H2,1-10H3. The lowest BCUT2D eigenvalue weighted by Crippen LogP contribution is -2.44. The number of rotatable bonds is 6. The Kier molecular flexibility index (Phi) is 6.61. The van der Waals surface area contributed by atoms with Gasteiger partial charge in [0.05, 0.1) is 8.07 Å². The van der Waals surface area contributed by atoms with Crippen molar-refractivity contribution in [2.24, 2.45) is 11.8 Å². The Hall–Kier alpha value is -0.866. The smallest absolute Gasteiger partial charge is 0.0672 e. The van der Waals surface area contributed by atoms with Gasteiger partial charge in [-0.25, -0.2) is 0 Å².